The first kappa shape index (κ1) is 12.6. The molecule has 1 fully saturated rings. The molecule has 18 heavy (non-hydrogen) atoms. The maximum Gasteiger partial charge on any atom is 0.324 e. The molecule has 5 heteroatoms. The largest absolute Gasteiger partial charge is 0.480 e. The molecule has 0 amide bonds. The van der Waals surface area contributed by atoms with Crippen LogP contribution in [0.3, 0.4) is 0 Å². The SMILES string of the molecule is O=C(CC1(C(=O)O)CCN1)OCc1ccccc1. The average molecular weight is 249 g/mol. The predicted octanol–water partition coefficient (Wildman–Crippen LogP) is 0.937. The van der Waals surface area contributed by atoms with Gasteiger partial charge in [0, 0.05) is 0 Å². The molecule has 0 aromatic heterocycles. The van der Waals surface area contributed by atoms with Crippen LogP contribution in [0.4, 0.5) is 0 Å². The third kappa shape index (κ3) is 2.68. The van der Waals surface area contributed by atoms with Crippen LogP contribution in [0, 0.1) is 0 Å². The molecule has 1 saturated heterocycles. The summed E-state index contributed by atoms with van der Waals surface area (Å²) < 4.78 is 5.07. The van der Waals surface area contributed by atoms with Gasteiger partial charge in [-0.25, -0.2) is 0 Å². The number of ether oxygens (including phenoxy) is 1. The van der Waals surface area contributed by atoms with E-state index in [4.69, 9.17) is 9.84 Å². The van der Waals surface area contributed by atoms with Crippen molar-refractivity contribution in [1.29, 1.82) is 0 Å². The van der Waals surface area contributed by atoms with Gasteiger partial charge in [-0.05, 0) is 18.5 Å². The van der Waals surface area contributed by atoms with E-state index in [1.807, 2.05) is 30.3 Å². The molecule has 1 aliphatic rings. The third-order valence-corrected chi connectivity index (χ3v) is 3.11. The maximum atomic E-state index is 11.6. The molecule has 0 aliphatic carbocycles. The van der Waals surface area contributed by atoms with Crippen LogP contribution in [0.5, 0.6) is 0 Å². The predicted molar refractivity (Wildman–Crippen MR) is 63.8 cm³/mol. The van der Waals surface area contributed by atoms with Gasteiger partial charge in [0.15, 0.2) is 0 Å². The molecule has 5 nitrogen and oxygen atoms in total. The Labute approximate surface area is 105 Å². The van der Waals surface area contributed by atoms with Crippen LogP contribution in [0.1, 0.15) is 18.4 Å². The van der Waals surface area contributed by atoms with Gasteiger partial charge < -0.3 is 15.2 Å². The van der Waals surface area contributed by atoms with Crippen LogP contribution in [0.2, 0.25) is 0 Å². The van der Waals surface area contributed by atoms with E-state index in [1.54, 1.807) is 0 Å². The molecule has 0 saturated carbocycles. The second kappa shape index (κ2) is 5.18. The van der Waals surface area contributed by atoms with Gasteiger partial charge in [-0.1, -0.05) is 30.3 Å². The van der Waals surface area contributed by atoms with Gasteiger partial charge in [0.2, 0.25) is 0 Å². The molecular formula is C13H15NO4. The van der Waals surface area contributed by atoms with Crippen molar-refractivity contribution in [2.75, 3.05) is 6.54 Å². The van der Waals surface area contributed by atoms with Crippen LogP contribution in [-0.2, 0) is 20.9 Å². The van der Waals surface area contributed by atoms with Crippen molar-refractivity contribution in [2.24, 2.45) is 0 Å². The Kier molecular flexibility index (Phi) is 3.62. The van der Waals surface area contributed by atoms with Crippen molar-refractivity contribution in [2.45, 2.75) is 25.0 Å². The molecule has 0 bridgehead atoms. The van der Waals surface area contributed by atoms with Crippen molar-refractivity contribution in [3.05, 3.63) is 35.9 Å². The minimum absolute atomic E-state index is 0.130. The number of rotatable bonds is 5. The van der Waals surface area contributed by atoms with Gasteiger partial charge in [0.05, 0.1) is 6.42 Å². The molecule has 1 aromatic rings. The molecule has 1 heterocycles. The monoisotopic (exact) mass is 249 g/mol. The smallest absolute Gasteiger partial charge is 0.324 e. The lowest BCUT2D eigenvalue weighted by atomic mass is 9.85. The summed E-state index contributed by atoms with van der Waals surface area (Å²) in [6.07, 6.45) is 0.331. The number of hydrogen-bond donors (Lipinski definition) is 2. The summed E-state index contributed by atoms with van der Waals surface area (Å²) in [6, 6.07) is 9.29. The minimum Gasteiger partial charge on any atom is -0.480 e. The van der Waals surface area contributed by atoms with E-state index in [-0.39, 0.29) is 13.0 Å². The van der Waals surface area contributed by atoms with E-state index in [9.17, 15) is 9.59 Å². The van der Waals surface area contributed by atoms with Crippen LogP contribution < -0.4 is 5.32 Å². The first-order chi connectivity index (χ1) is 8.62. The number of aliphatic carboxylic acids is 1. The zero-order chi connectivity index (χ0) is 13.0. The van der Waals surface area contributed by atoms with Gasteiger partial charge in [0.1, 0.15) is 12.1 Å². The molecule has 0 spiro atoms. The Bertz CT molecular complexity index is 440. The lowest BCUT2D eigenvalue weighted by molar-refractivity contribution is -0.158. The molecule has 2 N–H and O–H groups in total. The topological polar surface area (TPSA) is 75.6 Å². The number of carbonyl (C=O) groups is 2. The fourth-order valence-corrected chi connectivity index (χ4v) is 1.87. The summed E-state index contributed by atoms with van der Waals surface area (Å²) in [7, 11) is 0. The zero-order valence-corrected chi connectivity index (χ0v) is 9.89. The summed E-state index contributed by atoms with van der Waals surface area (Å²) in [6.45, 7) is 0.799. The van der Waals surface area contributed by atoms with Crippen molar-refractivity contribution in [1.82, 2.24) is 5.32 Å². The number of nitrogens with one attached hydrogen (secondary N) is 1. The fraction of sp³-hybridized carbons (Fsp3) is 0.385. The Morgan fingerprint density at radius 1 is 1.33 bits per heavy atom. The first-order valence-electron chi connectivity index (χ1n) is 5.80. The van der Waals surface area contributed by atoms with E-state index in [2.05, 4.69) is 5.32 Å². The Morgan fingerprint density at radius 2 is 2.00 bits per heavy atom. The fourth-order valence-electron chi connectivity index (χ4n) is 1.87. The maximum absolute atomic E-state index is 11.6. The van der Waals surface area contributed by atoms with Gasteiger partial charge >= 0.3 is 11.9 Å². The molecular weight excluding hydrogens is 234 g/mol. The Balaban J connectivity index is 1.84. The number of esters is 1. The second-order valence-corrected chi connectivity index (χ2v) is 4.39. The lowest BCUT2D eigenvalue weighted by Crippen LogP contribution is -2.63. The highest BCUT2D eigenvalue weighted by atomic mass is 16.5. The van der Waals surface area contributed by atoms with Crippen molar-refractivity contribution >= 4 is 11.9 Å². The Hall–Kier alpha value is -1.88. The Morgan fingerprint density at radius 3 is 2.50 bits per heavy atom. The van der Waals surface area contributed by atoms with Gasteiger partial charge in [-0.3, -0.25) is 9.59 Å². The molecule has 96 valence electrons. The summed E-state index contributed by atoms with van der Waals surface area (Å²) in [5.74, 6) is -1.49. The summed E-state index contributed by atoms with van der Waals surface area (Å²) in [5, 5.41) is 11.8. The molecule has 1 aromatic carbocycles. The molecule has 0 radical (unpaired) electrons. The van der Waals surface area contributed by atoms with E-state index in [1.165, 1.54) is 0 Å². The number of carboxylic acids is 1. The normalized spacial score (nSPS) is 22.0. The molecule has 1 atom stereocenters. The highest BCUT2D eigenvalue weighted by molar-refractivity contribution is 5.86. The standard InChI is InChI=1S/C13H15NO4/c15-11(8-13(12(16)17)6-7-14-13)18-9-10-4-2-1-3-5-10/h1-5,14H,6-9H2,(H,16,17). The zero-order valence-electron chi connectivity index (χ0n) is 9.89. The number of carbonyl (C=O) groups excluding carboxylic acids is 1. The van der Waals surface area contributed by atoms with Crippen molar-refractivity contribution < 1.29 is 19.4 Å². The van der Waals surface area contributed by atoms with E-state index >= 15 is 0 Å². The van der Waals surface area contributed by atoms with Crippen molar-refractivity contribution in [3.63, 3.8) is 0 Å². The van der Waals surface area contributed by atoms with Crippen LogP contribution in [0.25, 0.3) is 0 Å². The highest BCUT2D eigenvalue weighted by Gasteiger charge is 2.46. The second-order valence-electron chi connectivity index (χ2n) is 4.39. The van der Waals surface area contributed by atoms with E-state index in [0.717, 1.165) is 5.56 Å². The lowest BCUT2D eigenvalue weighted by Gasteiger charge is -2.38. The highest BCUT2D eigenvalue weighted by Crippen LogP contribution is 2.24. The van der Waals surface area contributed by atoms with E-state index in [0.29, 0.717) is 13.0 Å². The summed E-state index contributed by atoms with van der Waals surface area (Å²) in [4.78, 5) is 22.6. The molecule has 1 unspecified atom stereocenters. The third-order valence-electron chi connectivity index (χ3n) is 3.11. The summed E-state index contributed by atoms with van der Waals surface area (Å²) >= 11 is 0. The average Bonchev–Trinajstić information content (AvgIpc) is 2.32. The van der Waals surface area contributed by atoms with Crippen LogP contribution in [-0.4, -0.2) is 29.1 Å². The van der Waals surface area contributed by atoms with Crippen LogP contribution in [0.15, 0.2) is 30.3 Å². The van der Waals surface area contributed by atoms with Gasteiger partial charge in [-0.2, -0.15) is 0 Å². The number of hydrogen-bond acceptors (Lipinski definition) is 4. The molecule has 1 aliphatic heterocycles. The molecule has 2 rings (SSSR count). The first-order valence-corrected chi connectivity index (χ1v) is 5.80. The van der Waals surface area contributed by atoms with Crippen molar-refractivity contribution in [3.8, 4) is 0 Å². The number of carboxylic acid groups (broad SMARTS) is 1. The van der Waals surface area contributed by atoms with Crippen LogP contribution >= 0.6 is 0 Å². The quantitative estimate of drug-likeness (QED) is 0.759. The van der Waals surface area contributed by atoms with E-state index < -0.39 is 17.5 Å². The number of benzene rings is 1. The van der Waals surface area contributed by atoms with Gasteiger partial charge in [-0.15, -0.1) is 0 Å². The van der Waals surface area contributed by atoms with Gasteiger partial charge in [0.25, 0.3) is 0 Å². The minimum atomic E-state index is -1.12. The summed E-state index contributed by atoms with van der Waals surface area (Å²) in [5.41, 5.74) is -0.231.